The molecule has 0 saturated heterocycles. The molecule has 166 valence electrons. The number of rotatable bonds is 4. The molecule has 0 radical (unpaired) electrons. The third-order valence-electron chi connectivity index (χ3n) is 5.45. The molecular weight excluding hydrogens is 446 g/mol. The average Bonchev–Trinajstić information content (AvgIpc) is 3.11. The number of aliphatic imine (C=N–C) groups is 1. The summed E-state index contributed by atoms with van der Waals surface area (Å²) in [6.07, 6.45) is 2.28. The topological polar surface area (TPSA) is 87.5 Å². The first kappa shape index (κ1) is 21.3. The van der Waals surface area contributed by atoms with Gasteiger partial charge in [0.1, 0.15) is 11.6 Å². The number of hydrogen-bond donors (Lipinski definition) is 2. The van der Waals surface area contributed by atoms with Gasteiger partial charge in [-0.1, -0.05) is 13.0 Å². The van der Waals surface area contributed by atoms with Gasteiger partial charge in [0, 0.05) is 27.6 Å². The smallest absolute Gasteiger partial charge is 0.335 e. The van der Waals surface area contributed by atoms with Crippen molar-refractivity contribution in [3.8, 4) is 0 Å². The largest absolute Gasteiger partial charge is 0.478 e. The van der Waals surface area contributed by atoms with Gasteiger partial charge in [0.15, 0.2) is 0 Å². The third-order valence-corrected chi connectivity index (χ3v) is 6.69. The van der Waals surface area contributed by atoms with Crippen molar-refractivity contribution in [3.63, 3.8) is 0 Å². The van der Waals surface area contributed by atoms with Crippen LogP contribution >= 0.6 is 11.8 Å². The number of carboxylic acid groups (broad SMARTS) is 1. The molecule has 1 unspecified atom stereocenters. The van der Waals surface area contributed by atoms with Gasteiger partial charge in [0.2, 0.25) is 5.95 Å². The minimum absolute atomic E-state index is 0.114. The van der Waals surface area contributed by atoms with Crippen LogP contribution in [0.1, 0.15) is 40.5 Å². The van der Waals surface area contributed by atoms with Crippen LogP contribution in [0.25, 0.3) is 4.91 Å². The summed E-state index contributed by atoms with van der Waals surface area (Å²) in [6.45, 7) is 2.26. The molecule has 0 aliphatic carbocycles. The second-order valence-corrected chi connectivity index (χ2v) is 9.23. The maximum Gasteiger partial charge on any atom is 0.335 e. The average molecular weight is 464 g/mol. The Bertz CT molecular complexity index is 1320. The van der Waals surface area contributed by atoms with Crippen LogP contribution in [-0.2, 0) is 6.54 Å². The van der Waals surface area contributed by atoms with E-state index in [1.165, 1.54) is 30.3 Å². The van der Waals surface area contributed by atoms with E-state index in [0.717, 1.165) is 16.0 Å². The molecule has 2 aliphatic heterocycles. The maximum absolute atomic E-state index is 14.6. The second kappa shape index (κ2) is 8.40. The molecular formula is C24H18F2N4O2S. The number of aromatic nitrogens is 2. The summed E-state index contributed by atoms with van der Waals surface area (Å²) in [7, 11) is 0. The fourth-order valence-electron chi connectivity index (χ4n) is 3.92. The van der Waals surface area contributed by atoms with Crippen LogP contribution in [0, 0.1) is 11.6 Å². The number of allylic oxidation sites excluding steroid dienone is 1. The normalized spacial score (nSPS) is 17.2. The minimum Gasteiger partial charge on any atom is -0.478 e. The number of carboxylic acids is 1. The molecule has 2 aliphatic rings. The van der Waals surface area contributed by atoms with Gasteiger partial charge >= 0.3 is 5.97 Å². The van der Waals surface area contributed by atoms with Crippen LogP contribution in [0.2, 0.25) is 0 Å². The molecule has 3 aromatic rings. The van der Waals surface area contributed by atoms with Gasteiger partial charge in [-0.05, 0) is 48.4 Å². The van der Waals surface area contributed by atoms with Crippen LogP contribution in [0.3, 0.4) is 0 Å². The van der Waals surface area contributed by atoms with E-state index in [1.807, 2.05) is 0 Å². The molecule has 0 spiro atoms. The Labute approximate surface area is 192 Å². The summed E-state index contributed by atoms with van der Waals surface area (Å²) >= 11 is 1.61. The van der Waals surface area contributed by atoms with E-state index in [2.05, 4.69) is 22.2 Å². The lowest BCUT2D eigenvalue weighted by Crippen LogP contribution is -2.11. The lowest BCUT2D eigenvalue weighted by molar-refractivity contribution is 0.0697. The highest BCUT2D eigenvalue weighted by atomic mass is 32.2. The summed E-state index contributed by atoms with van der Waals surface area (Å²) in [5.74, 6) is -1.95. The first-order chi connectivity index (χ1) is 15.9. The standard InChI is InChI=1S/C24H18F2N4O2S/c1-12-9-16-21(19-17(25)3-2-4-18(19)26)27-10-14-11-28-24(30-20(14)22(16)33-12)29-15-7-5-13(6-8-15)23(31)32/h2-8,11-12H,9-10H2,1H3,(H,31,32)(H,28,29,30). The van der Waals surface area contributed by atoms with E-state index in [9.17, 15) is 13.6 Å². The molecule has 3 heterocycles. The monoisotopic (exact) mass is 464 g/mol. The van der Waals surface area contributed by atoms with Crippen molar-refractivity contribution in [2.24, 2.45) is 4.99 Å². The molecule has 9 heteroatoms. The molecule has 1 aromatic heterocycles. The molecule has 0 bridgehead atoms. The van der Waals surface area contributed by atoms with Crippen molar-refractivity contribution < 1.29 is 18.7 Å². The maximum atomic E-state index is 14.6. The summed E-state index contributed by atoms with van der Waals surface area (Å²) in [5.41, 5.74) is 3.27. The molecule has 0 fully saturated rings. The Morgan fingerprint density at radius 1 is 1.15 bits per heavy atom. The number of fused-ring (bicyclic) bond motifs is 2. The van der Waals surface area contributed by atoms with Crippen LogP contribution in [0.4, 0.5) is 20.4 Å². The highest BCUT2D eigenvalue weighted by Crippen LogP contribution is 2.47. The van der Waals surface area contributed by atoms with E-state index in [1.54, 1.807) is 30.1 Å². The van der Waals surface area contributed by atoms with Crippen LogP contribution in [0.5, 0.6) is 0 Å². The SMILES string of the molecule is CC1CC2=C(S1)c1nc(Nc3ccc(C(=O)O)cc3)ncc1CN=C2c1c(F)cccc1F. The molecule has 5 rings (SSSR count). The molecule has 0 saturated carbocycles. The van der Waals surface area contributed by atoms with Crippen LogP contribution in [0.15, 0.2) is 59.2 Å². The van der Waals surface area contributed by atoms with Gasteiger partial charge < -0.3 is 10.4 Å². The number of halogens is 2. The molecule has 1 atom stereocenters. The van der Waals surface area contributed by atoms with E-state index >= 15 is 0 Å². The summed E-state index contributed by atoms with van der Waals surface area (Å²) in [4.78, 5) is 25.6. The Hall–Kier alpha value is -3.59. The zero-order valence-corrected chi connectivity index (χ0v) is 18.3. The highest BCUT2D eigenvalue weighted by Gasteiger charge is 2.33. The number of nitrogens with one attached hydrogen (secondary N) is 1. The number of carbonyl (C=O) groups is 1. The van der Waals surface area contributed by atoms with E-state index < -0.39 is 17.6 Å². The van der Waals surface area contributed by atoms with Crippen molar-refractivity contribution >= 4 is 40.0 Å². The van der Waals surface area contributed by atoms with Gasteiger partial charge in [-0.3, -0.25) is 4.99 Å². The number of hydrogen-bond acceptors (Lipinski definition) is 6. The number of thioether (sulfide) groups is 1. The lowest BCUT2D eigenvalue weighted by atomic mass is 9.97. The predicted octanol–water partition coefficient (Wildman–Crippen LogP) is 5.44. The Morgan fingerprint density at radius 2 is 1.88 bits per heavy atom. The Balaban J connectivity index is 1.55. The molecule has 2 aromatic carbocycles. The van der Waals surface area contributed by atoms with Crippen molar-refractivity contribution in [3.05, 3.63) is 88.3 Å². The van der Waals surface area contributed by atoms with E-state index in [-0.39, 0.29) is 22.9 Å². The number of nitrogens with zero attached hydrogens (tertiary/aromatic N) is 3. The molecule has 0 amide bonds. The zero-order chi connectivity index (χ0) is 23.1. The lowest BCUT2D eigenvalue weighted by Gasteiger charge is -2.11. The van der Waals surface area contributed by atoms with Crippen LogP contribution < -0.4 is 5.32 Å². The fourth-order valence-corrected chi connectivity index (χ4v) is 5.18. The van der Waals surface area contributed by atoms with Crippen molar-refractivity contribution in [1.82, 2.24) is 9.97 Å². The zero-order valence-electron chi connectivity index (χ0n) is 17.5. The number of benzene rings is 2. The molecule has 33 heavy (non-hydrogen) atoms. The van der Waals surface area contributed by atoms with E-state index in [0.29, 0.717) is 29.5 Å². The first-order valence-corrected chi connectivity index (χ1v) is 11.1. The third kappa shape index (κ3) is 4.00. The predicted molar refractivity (Wildman–Crippen MR) is 124 cm³/mol. The quantitative estimate of drug-likeness (QED) is 0.535. The minimum atomic E-state index is -1.00. The first-order valence-electron chi connectivity index (χ1n) is 10.3. The van der Waals surface area contributed by atoms with Gasteiger partial charge in [-0.2, -0.15) is 0 Å². The highest BCUT2D eigenvalue weighted by molar-refractivity contribution is 8.09. The van der Waals surface area contributed by atoms with Gasteiger partial charge in [-0.15, -0.1) is 11.8 Å². The summed E-state index contributed by atoms with van der Waals surface area (Å²) in [6, 6.07) is 10.1. The Kier molecular flexibility index (Phi) is 5.41. The number of aromatic carboxylic acids is 1. The van der Waals surface area contributed by atoms with Crippen molar-refractivity contribution in [1.29, 1.82) is 0 Å². The molecule has 2 N–H and O–H groups in total. The second-order valence-electron chi connectivity index (χ2n) is 7.78. The van der Waals surface area contributed by atoms with Gasteiger partial charge in [0.05, 0.1) is 29.1 Å². The summed E-state index contributed by atoms with van der Waals surface area (Å²) in [5, 5.41) is 12.4. The van der Waals surface area contributed by atoms with Gasteiger partial charge in [0.25, 0.3) is 0 Å². The Morgan fingerprint density at radius 3 is 2.58 bits per heavy atom. The molecule has 6 nitrogen and oxygen atoms in total. The van der Waals surface area contributed by atoms with E-state index in [4.69, 9.17) is 10.1 Å². The van der Waals surface area contributed by atoms with Crippen molar-refractivity contribution in [2.45, 2.75) is 25.1 Å². The van der Waals surface area contributed by atoms with Gasteiger partial charge in [-0.25, -0.2) is 23.5 Å². The van der Waals surface area contributed by atoms with Crippen molar-refractivity contribution in [2.75, 3.05) is 5.32 Å². The van der Waals surface area contributed by atoms with Crippen LogP contribution in [-0.4, -0.2) is 32.0 Å². The summed E-state index contributed by atoms with van der Waals surface area (Å²) < 4.78 is 29.2. The fraction of sp³-hybridized carbons (Fsp3) is 0.167. The number of anilines is 2.